The minimum Gasteiger partial charge on any atom is -0.340 e. The lowest BCUT2D eigenvalue weighted by atomic mass is 10.2. The Morgan fingerprint density at radius 3 is 2.67 bits per heavy atom. The van der Waals surface area contributed by atoms with Gasteiger partial charge in [0.25, 0.3) is 0 Å². The minimum absolute atomic E-state index is 0.305. The molecule has 2 rings (SSSR count). The summed E-state index contributed by atoms with van der Waals surface area (Å²) in [6.07, 6.45) is 0. The molecule has 5 heteroatoms. The molecule has 0 bridgehead atoms. The predicted molar refractivity (Wildman–Crippen MR) is 86.3 cm³/mol. The van der Waals surface area contributed by atoms with Crippen LogP contribution in [0, 0.1) is 3.57 Å². The van der Waals surface area contributed by atoms with Crippen LogP contribution in [0.2, 0.25) is 0 Å². The van der Waals surface area contributed by atoms with Gasteiger partial charge in [-0.2, -0.15) is 0 Å². The van der Waals surface area contributed by atoms with Crippen molar-refractivity contribution in [2.24, 2.45) is 0 Å². The molecule has 0 aliphatic carbocycles. The summed E-state index contributed by atoms with van der Waals surface area (Å²) in [5, 5.41) is 3.29. The molecular formula is C13H13BrIN3. The van der Waals surface area contributed by atoms with E-state index in [0.717, 1.165) is 21.9 Å². The molecule has 1 aromatic carbocycles. The molecule has 18 heavy (non-hydrogen) atoms. The predicted octanol–water partition coefficient (Wildman–Crippen LogP) is 4.71. The zero-order valence-corrected chi connectivity index (χ0v) is 13.9. The number of halogens is 2. The average molecular weight is 418 g/mol. The number of rotatable bonds is 3. The SMILES string of the molecule is CC(C)c1nc(Br)cc(Nc2cccc(I)c2)n1. The van der Waals surface area contributed by atoms with Gasteiger partial charge < -0.3 is 5.32 Å². The molecule has 2 aromatic rings. The smallest absolute Gasteiger partial charge is 0.135 e. The molecule has 0 atom stereocenters. The van der Waals surface area contributed by atoms with Gasteiger partial charge in [0, 0.05) is 21.2 Å². The van der Waals surface area contributed by atoms with Crippen molar-refractivity contribution in [3.05, 3.63) is 44.3 Å². The van der Waals surface area contributed by atoms with Crippen molar-refractivity contribution in [2.45, 2.75) is 19.8 Å². The number of nitrogens with one attached hydrogen (secondary N) is 1. The first-order valence-corrected chi connectivity index (χ1v) is 7.49. The minimum atomic E-state index is 0.305. The van der Waals surface area contributed by atoms with Gasteiger partial charge in [-0.05, 0) is 56.7 Å². The Kier molecular flexibility index (Phi) is 4.55. The first-order chi connectivity index (χ1) is 8.54. The molecule has 0 spiro atoms. The molecule has 0 saturated carbocycles. The van der Waals surface area contributed by atoms with Gasteiger partial charge in [0.2, 0.25) is 0 Å². The van der Waals surface area contributed by atoms with Crippen molar-refractivity contribution in [1.29, 1.82) is 0 Å². The zero-order valence-electron chi connectivity index (χ0n) is 10.1. The molecule has 3 nitrogen and oxygen atoms in total. The molecule has 0 aliphatic rings. The highest BCUT2D eigenvalue weighted by Gasteiger charge is 2.07. The van der Waals surface area contributed by atoms with Crippen LogP contribution >= 0.6 is 38.5 Å². The second kappa shape index (κ2) is 5.97. The topological polar surface area (TPSA) is 37.8 Å². The maximum atomic E-state index is 4.50. The van der Waals surface area contributed by atoms with Crippen molar-refractivity contribution in [3.8, 4) is 0 Å². The van der Waals surface area contributed by atoms with E-state index < -0.39 is 0 Å². The molecule has 0 saturated heterocycles. The number of aromatic nitrogens is 2. The standard InChI is InChI=1S/C13H13BrIN3/c1-8(2)13-17-11(14)7-12(18-13)16-10-5-3-4-9(15)6-10/h3-8H,1-2H3,(H,16,17,18). The van der Waals surface area contributed by atoms with Gasteiger partial charge in [0.05, 0.1) is 0 Å². The molecule has 0 radical (unpaired) electrons. The molecule has 1 N–H and O–H groups in total. The van der Waals surface area contributed by atoms with E-state index in [1.165, 1.54) is 3.57 Å². The summed E-state index contributed by atoms with van der Waals surface area (Å²) in [6, 6.07) is 10.1. The number of hydrogen-bond acceptors (Lipinski definition) is 3. The fraction of sp³-hybridized carbons (Fsp3) is 0.231. The Morgan fingerprint density at radius 1 is 1.22 bits per heavy atom. The molecule has 0 amide bonds. The van der Waals surface area contributed by atoms with Gasteiger partial charge in [-0.15, -0.1) is 0 Å². The van der Waals surface area contributed by atoms with Crippen molar-refractivity contribution in [1.82, 2.24) is 9.97 Å². The lowest BCUT2D eigenvalue weighted by Crippen LogP contribution is -2.02. The van der Waals surface area contributed by atoms with Gasteiger partial charge in [-0.25, -0.2) is 9.97 Å². The van der Waals surface area contributed by atoms with E-state index in [1.807, 2.05) is 18.2 Å². The average Bonchev–Trinajstić information content (AvgIpc) is 2.28. The number of benzene rings is 1. The van der Waals surface area contributed by atoms with Crippen LogP contribution in [0.3, 0.4) is 0 Å². The van der Waals surface area contributed by atoms with Crippen LogP contribution in [0.1, 0.15) is 25.6 Å². The monoisotopic (exact) mass is 417 g/mol. The summed E-state index contributed by atoms with van der Waals surface area (Å²) < 4.78 is 1.99. The maximum absolute atomic E-state index is 4.50. The van der Waals surface area contributed by atoms with Crippen molar-refractivity contribution in [3.63, 3.8) is 0 Å². The Morgan fingerprint density at radius 2 is 2.00 bits per heavy atom. The maximum Gasteiger partial charge on any atom is 0.135 e. The summed E-state index contributed by atoms with van der Waals surface area (Å²) in [7, 11) is 0. The Bertz CT molecular complexity index is 558. The number of nitrogens with zero attached hydrogens (tertiary/aromatic N) is 2. The van der Waals surface area contributed by atoms with E-state index in [4.69, 9.17) is 0 Å². The van der Waals surface area contributed by atoms with Crippen LogP contribution in [0.5, 0.6) is 0 Å². The van der Waals surface area contributed by atoms with Gasteiger partial charge >= 0.3 is 0 Å². The van der Waals surface area contributed by atoms with Gasteiger partial charge in [-0.3, -0.25) is 0 Å². The molecule has 94 valence electrons. The van der Waals surface area contributed by atoms with E-state index in [1.54, 1.807) is 0 Å². The third-order valence-electron chi connectivity index (χ3n) is 2.33. The Labute approximate surface area is 129 Å². The molecule has 1 aromatic heterocycles. The van der Waals surface area contributed by atoms with E-state index >= 15 is 0 Å². The lowest BCUT2D eigenvalue weighted by molar-refractivity contribution is 0.771. The van der Waals surface area contributed by atoms with E-state index in [0.29, 0.717) is 5.92 Å². The third-order valence-corrected chi connectivity index (χ3v) is 3.40. The highest BCUT2D eigenvalue weighted by atomic mass is 127. The van der Waals surface area contributed by atoms with E-state index in [9.17, 15) is 0 Å². The fourth-order valence-electron chi connectivity index (χ4n) is 1.47. The molecule has 0 unspecified atom stereocenters. The van der Waals surface area contributed by atoms with Gasteiger partial charge in [0.1, 0.15) is 16.2 Å². The van der Waals surface area contributed by atoms with Crippen LogP contribution in [0.25, 0.3) is 0 Å². The second-order valence-electron chi connectivity index (χ2n) is 4.22. The summed E-state index contributed by atoms with van der Waals surface area (Å²) in [5.74, 6) is 1.94. The Balaban J connectivity index is 2.29. The highest BCUT2D eigenvalue weighted by Crippen LogP contribution is 2.21. The van der Waals surface area contributed by atoms with Crippen molar-refractivity contribution < 1.29 is 0 Å². The quantitative estimate of drug-likeness (QED) is 0.580. The molecule has 1 heterocycles. The van der Waals surface area contributed by atoms with Crippen LogP contribution in [0.15, 0.2) is 34.9 Å². The van der Waals surface area contributed by atoms with Gasteiger partial charge in [0.15, 0.2) is 0 Å². The number of anilines is 2. The second-order valence-corrected chi connectivity index (χ2v) is 6.28. The van der Waals surface area contributed by atoms with Crippen LogP contribution in [-0.4, -0.2) is 9.97 Å². The zero-order chi connectivity index (χ0) is 13.1. The summed E-state index contributed by atoms with van der Waals surface area (Å²) in [4.78, 5) is 8.86. The molecule has 0 aliphatic heterocycles. The first-order valence-electron chi connectivity index (χ1n) is 5.61. The molecular weight excluding hydrogens is 405 g/mol. The van der Waals surface area contributed by atoms with Crippen molar-refractivity contribution >= 4 is 50.0 Å². The van der Waals surface area contributed by atoms with Crippen LogP contribution in [0.4, 0.5) is 11.5 Å². The normalized spacial score (nSPS) is 10.7. The van der Waals surface area contributed by atoms with Crippen molar-refractivity contribution in [2.75, 3.05) is 5.32 Å². The third kappa shape index (κ3) is 3.65. The summed E-state index contributed by atoms with van der Waals surface area (Å²) in [6.45, 7) is 4.16. The van der Waals surface area contributed by atoms with E-state index in [2.05, 4.69) is 79.8 Å². The first kappa shape index (κ1) is 13.7. The largest absolute Gasteiger partial charge is 0.340 e. The number of hydrogen-bond donors (Lipinski definition) is 1. The fourth-order valence-corrected chi connectivity index (χ4v) is 2.41. The highest BCUT2D eigenvalue weighted by molar-refractivity contribution is 14.1. The van der Waals surface area contributed by atoms with Crippen LogP contribution in [-0.2, 0) is 0 Å². The molecule has 0 fully saturated rings. The van der Waals surface area contributed by atoms with E-state index in [-0.39, 0.29) is 0 Å². The summed E-state index contributed by atoms with van der Waals surface area (Å²) >= 11 is 5.71. The summed E-state index contributed by atoms with van der Waals surface area (Å²) in [5.41, 5.74) is 1.03. The Hall–Kier alpha value is -0.690. The van der Waals surface area contributed by atoms with Gasteiger partial charge in [-0.1, -0.05) is 19.9 Å². The van der Waals surface area contributed by atoms with Crippen LogP contribution < -0.4 is 5.32 Å². The lowest BCUT2D eigenvalue weighted by Gasteiger charge is -2.10.